The molecule has 1 aromatic heterocycles. The molecule has 2 aromatic rings. The minimum Gasteiger partial charge on any atom is -0.368 e. The largest absolute Gasteiger partial charge is 0.368 e. The predicted molar refractivity (Wildman–Crippen MR) is 106 cm³/mol. The van der Waals surface area contributed by atoms with Crippen LogP contribution >= 0.6 is 23.7 Å². The van der Waals surface area contributed by atoms with Crippen LogP contribution in [0.2, 0.25) is 0 Å². The van der Waals surface area contributed by atoms with Gasteiger partial charge < -0.3 is 20.7 Å². The average Bonchev–Trinajstić information content (AvgIpc) is 3.19. The molecule has 0 unspecified atom stereocenters. The summed E-state index contributed by atoms with van der Waals surface area (Å²) in [6.07, 6.45) is 1.29. The van der Waals surface area contributed by atoms with Crippen molar-refractivity contribution in [2.75, 3.05) is 30.8 Å². The van der Waals surface area contributed by atoms with Crippen LogP contribution in [0.5, 0.6) is 0 Å². The number of carbonyl (C=O) groups excluding carboxylic acids is 2. The lowest BCUT2D eigenvalue weighted by molar-refractivity contribution is -0.140. The Bertz CT molecular complexity index is 729. The fourth-order valence-corrected chi connectivity index (χ4v) is 3.46. The Morgan fingerprint density at radius 2 is 1.69 bits per heavy atom. The molecule has 1 aliphatic rings. The zero-order valence-corrected chi connectivity index (χ0v) is 16.0. The summed E-state index contributed by atoms with van der Waals surface area (Å²) in [6, 6.07) is 10.7. The summed E-state index contributed by atoms with van der Waals surface area (Å²) >= 11 is 1.39. The Morgan fingerprint density at radius 3 is 2.23 bits per heavy atom. The van der Waals surface area contributed by atoms with Gasteiger partial charge in [-0.05, 0) is 61.6 Å². The first-order valence-electron chi connectivity index (χ1n) is 8.15. The molecule has 1 saturated heterocycles. The third kappa shape index (κ3) is 4.62. The Kier molecular flexibility index (Phi) is 7.16. The van der Waals surface area contributed by atoms with Crippen molar-refractivity contribution in [3.8, 4) is 0 Å². The van der Waals surface area contributed by atoms with Gasteiger partial charge in [-0.2, -0.15) is 0 Å². The van der Waals surface area contributed by atoms with E-state index in [9.17, 15) is 9.59 Å². The number of ether oxygens (including phenoxy) is 1. The Hall–Kier alpha value is -1.93. The minimum absolute atomic E-state index is 0. The molecule has 8 heteroatoms. The third-order valence-electron chi connectivity index (χ3n) is 4.36. The number of rotatable bonds is 5. The van der Waals surface area contributed by atoms with E-state index < -0.39 is 5.60 Å². The van der Waals surface area contributed by atoms with E-state index in [1.807, 2.05) is 11.4 Å². The molecule has 0 radical (unpaired) electrons. The molecule has 3 N–H and O–H groups in total. The molecule has 0 aliphatic carbocycles. The van der Waals surface area contributed by atoms with Crippen LogP contribution < -0.4 is 16.0 Å². The second-order valence-corrected chi connectivity index (χ2v) is 6.86. The first-order valence-corrected chi connectivity index (χ1v) is 9.03. The molecule has 0 spiro atoms. The summed E-state index contributed by atoms with van der Waals surface area (Å²) in [7, 11) is 1.58. The summed E-state index contributed by atoms with van der Waals surface area (Å²) in [5.74, 6) is -0.272. The number of hydrogen-bond donors (Lipinski definition) is 3. The fourth-order valence-electron chi connectivity index (χ4n) is 2.84. The summed E-state index contributed by atoms with van der Waals surface area (Å²) in [5.41, 5.74) is 0.575. The third-order valence-corrected chi connectivity index (χ3v) is 5.23. The van der Waals surface area contributed by atoms with Crippen molar-refractivity contribution >= 4 is 46.9 Å². The molecule has 0 bridgehead atoms. The minimum atomic E-state index is -0.780. The van der Waals surface area contributed by atoms with E-state index in [2.05, 4.69) is 16.0 Å². The SMILES string of the molecule is COC1(C(=O)Nc2ccc(NC(=O)c3cccs3)cc2)CCNCC1.Cl. The van der Waals surface area contributed by atoms with Gasteiger partial charge in [-0.25, -0.2) is 0 Å². The van der Waals surface area contributed by atoms with Crippen molar-refractivity contribution in [2.45, 2.75) is 18.4 Å². The number of hydrogen-bond acceptors (Lipinski definition) is 5. The summed E-state index contributed by atoms with van der Waals surface area (Å²) < 4.78 is 5.52. The first-order chi connectivity index (χ1) is 12.1. The average molecular weight is 396 g/mol. The number of amides is 2. The maximum atomic E-state index is 12.6. The molecule has 2 heterocycles. The van der Waals surface area contributed by atoms with Gasteiger partial charge in [-0.1, -0.05) is 6.07 Å². The lowest BCUT2D eigenvalue weighted by Gasteiger charge is -2.34. The lowest BCUT2D eigenvalue weighted by Crippen LogP contribution is -2.51. The van der Waals surface area contributed by atoms with Crippen molar-refractivity contribution in [3.63, 3.8) is 0 Å². The highest BCUT2D eigenvalue weighted by molar-refractivity contribution is 7.12. The van der Waals surface area contributed by atoms with E-state index in [0.29, 0.717) is 29.1 Å². The van der Waals surface area contributed by atoms with Crippen LogP contribution in [0, 0.1) is 0 Å². The summed E-state index contributed by atoms with van der Waals surface area (Å²) in [6.45, 7) is 1.52. The van der Waals surface area contributed by atoms with E-state index in [4.69, 9.17) is 4.74 Å². The molecule has 0 atom stereocenters. The van der Waals surface area contributed by atoms with Crippen molar-refractivity contribution in [1.82, 2.24) is 5.32 Å². The van der Waals surface area contributed by atoms with Crippen molar-refractivity contribution < 1.29 is 14.3 Å². The number of carbonyl (C=O) groups is 2. The molecule has 2 amide bonds. The Balaban J connectivity index is 0.00000243. The molecular weight excluding hydrogens is 374 g/mol. The van der Waals surface area contributed by atoms with Crippen LogP contribution in [0.1, 0.15) is 22.5 Å². The number of piperidine rings is 1. The van der Waals surface area contributed by atoms with Crippen LogP contribution in [0.25, 0.3) is 0 Å². The van der Waals surface area contributed by atoms with Gasteiger partial charge in [0.2, 0.25) is 0 Å². The summed E-state index contributed by atoms with van der Waals surface area (Å²) in [4.78, 5) is 25.3. The van der Waals surface area contributed by atoms with E-state index in [1.165, 1.54) is 11.3 Å². The number of methoxy groups -OCH3 is 1. The van der Waals surface area contributed by atoms with Crippen LogP contribution in [0.3, 0.4) is 0 Å². The van der Waals surface area contributed by atoms with Crippen molar-refractivity contribution in [2.24, 2.45) is 0 Å². The van der Waals surface area contributed by atoms with Gasteiger partial charge in [0.05, 0.1) is 4.88 Å². The number of anilines is 2. The molecule has 1 aliphatic heterocycles. The molecule has 140 valence electrons. The quantitative estimate of drug-likeness (QED) is 0.726. The van der Waals surface area contributed by atoms with Gasteiger partial charge in [0, 0.05) is 18.5 Å². The number of thiophene rings is 1. The Morgan fingerprint density at radius 1 is 1.08 bits per heavy atom. The normalized spacial score (nSPS) is 15.6. The second-order valence-electron chi connectivity index (χ2n) is 5.91. The van der Waals surface area contributed by atoms with Gasteiger partial charge in [0.25, 0.3) is 11.8 Å². The highest BCUT2D eigenvalue weighted by atomic mass is 35.5. The molecule has 26 heavy (non-hydrogen) atoms. The molecule has 6 nitrogen and oxygen atoms in total. The van der Waals surface area contributed by atoms with Gasteiger partial charge in [0.15, 0.2) is 0 Å². The van der Waals surface area contributed by atoms with Gasteiger partial charge >= 0.3 is 0 Å². The lowest BCUT2D eigenvalue weighted by atomic mass is 9.91. The standard InChI is InChI=1S/C18H21N3O3S.ClH/c1-24-18(8-10-19-11-9-18)17(23)21-14-6-4-13(5-7-14)20-16(22)15-3-2-12-25-15;/h2-7,12,19H,8-11H2,1H3,(H,20,22)(H,21,23);1H. The monoisotopic (exact) mass is 395 g/mol. The van der Waals surface area contributed by atoms with E-state index in [1.54, 1.807) is 37.4 Å². The van der Waals surface area contributed by atoms with Crippen LogP contribution in [0.4, 0.5) is 11.4 Å². The van der Waals surface area contributed by atoms with Crippen molar-refractivity contribution in [1.29, 1.82) is 0 Å². The van der Waals surface area contributed by atoms with Gasteiger partial charge in [-0.3, -0.25) is 9.59 Å². The number of nitrogens with one attached hydrogen (secondary N) is 3. The molecule has 0 saturated carbocycles. The first kappa shape index (κ1) is 20.4. The van der Waals surface area contributed by atoms with Crippen LogP contribution in [0.15, 0.2) is 41.8 Å². The summed E-state index contributed by atoms with van der Waals surface area (Å²) in [5, 5.41) is 10.8. The van der Waals surface area contributed by atoms with E-state index in [0.717, 1.165) is 13.1 Å². The van der Waals surface area contributed by atoms with Crippen molar-refractivity contribution in [3.05, 3.63) is 46.7 Å². The highest BCUT2D eigenvalue weighted by Gasteiger charge is 2.39. The second kappa shape index (κ2) is 9.14. The van der Waals surface area contributed by atoms with Crippen LogP contribution in [-0.4, -0.2) is 37.6 Å². The van der Waals surface area contributed by atoms with Gasteiger partial charge in [-0.15, -0.1) is 23.7 Å². The topological polar surface area (TPSA) is 79.5 Å². The van der Waals surface area contributed by atoms with E-state index in [-0.39, 0.29) is 24.2 Å². The zero-order chi connectivity index (χ0) is 17.7. The molecule has 1 fully saturated rings. The zero-order valence-electron chi connectivity index (χ0n) is 14.4. The Labute approximate surface area is 162 Å². The maximum absolute atomic E-state index is 12.6. The van der Waals surface area contributed by atoms with Gasteiger partial charge in [0.1, 0.15) is 5.60 Å². The smallest absolute Gasteiger partial charge is 0.265 e. The van der Waals surface area contributed by atoms with Crippen LogP contribution in [-0.2, 0) is 9.53 Å². The van der Waals surface area contributed by atoms with E-state index >= 15 is 0 Å². The maximum Gasteiger partial charge on any atom is 0.265 e. The highest BCUT2D eigenvalue weighted by Crippen LogP contribution is 2.25. The molecular formula is C18H22ClN3O3S. The molecule has 3 rings (SSSR count). The predicted octanol–water partition coefficient (Wildman–Crippen LogP) is 3.13. The fraction of sp³-hybridized carbons (Fsp3) is 0.333. The molecule has 1 aromatic carbocycles. The number of benzene rings is 1. The number of halogens is 1.